The number of nitrogens with zero attached hydrogens (tertiary/aromatic N) is 1. The van der Waals surface area contributed by atoms with Crippen LogP contribution in [0.1, 0.15) is 32.1 Å². The van der Waals surface area contributed by atoms with E-state index < -0.39 is 0 Å². The van der Waals surface area contributed by atoms with Gasteiger partial charge in [-0.05, 0) is 69.5 Å². The average Bonchev–Trinajstić information content (AvgIpc) is 3.16. The minimum Gasteiger partial charge on any atom is -0.494 e. The van der Waals surface area contributed by atoms with Crippen molar-refractivity contribution in [1.82, 2.24) is 10.2 Å². The summed E-state index contributed by atoms with van der Waals surface area (Å²) in [7, 11) is 0. The van der Waals surface area contributed by atoms with Crippen molar-refractivity contribution >= 4 is 0 Å². The van der Waals surface area contributed by atoms with Gasteiger partial charge in [0.1, 0.15) is 11.6 Å². The van der Waals surface area contributed by atoms with E-state index in [9.17, 15) is 4.39 Å². The van der Waals surface area contributed by atoms with Crippen molar-refractivity contribution in [3.8, 4) is 5.75 Å². The zero-order valence-electron chi connectivity index (χ0n) is 12.6. The normalized spacial score (nSPS) is 26.3. The highest BCUT2D eigenvalue weighted by Crippen LogP contribution is 2.24. The SMILES string of the molecule is Fc1ccc(OCCCN2CCCC2C2CCCN2)cc1. The third-order valence-corrected chi connectivity index (χ3v) is 4.65. The van der Waals surface area contributed by atoms with Crippen LogP contribution < -0.4 is 10.1 Å². The lowest BCUT2D eigenvalue weighted by atomic mass is 10.0. The van der Waals surface area contributed by atoms with Crippen molar-refractivity contribution in [2.24, 2.45) is 0 Å². The molecule has 21 heavy (non-hydrogen) atoms. The molecule has 0 amide bonds. The number of nitrogens with one attached hydrogen (secondary N) is 1. The van der Waals surface area contributed by atoms with Crippen molar-refractivity contribution in [2.45, 2.75) is 44.2 Å². The minimum absolute atomic E-state index is 0.216. The lowest BCUT2D eigenvalue weighted by molar-refractivity contribution is 0.194. The fraction of sp³-hybridized carbons (Fsp3) is 0.647. The van der Waals surface area contributed by atoms with Gasteiger partial charge in [-0.3, -0.25) is 4.90 Å². The number of hydrogen-bond donors (Lipinski definition) is 1. The van der Waals surface area contributed by atoms with E-state index in [1.54, 1.807) is 12.1 Å². The number of rotatable bonds is 6. The summed E-state index contributed by atoms with van der Waals surface area (Å²) in [6.07, 6.45) is 6.33. The van der Waals surface area contributed by atoms with Crippen LogP contribution in [0, 0.1) is 5.82 Å². The smallest absolute Gasteiger partial charge is 0.123 e. The highest BCUT2D eigenvalue weighted by molar-refractivity contribution is 5.21. The quantitative estimate of drug-likeness (QED) is 0.816. The molecular formula is C17H25FN2O. The summed E-state index contributed by atoms with van der Waals surface area (Å²) in [4.78, 5) is 2.62. The van der Waals surface area contributed by atoms with Crippen LogP contribution in [0.2, 0.25) is 0 Å². The van der Waals surface area contributed by atoms with Gasteiger partial charge in [-0.2, -0.15) is 0 Å². The van der Waals surface area contributed by atoms with Crippen molar-refractivity contribution in [1.29, 1.82) is 0 Å². The molecule has 0 aliphatic carbocycles. The summed E-state index contributed by atoms with van der Waals surface area (Å²) in [5.41, 5.74) is 0. The third-order valence-electron chi connectivity index (χ3n) is 4.65. The standard InChI is InChI=1S/C17H25FN2O/c18-14-6-8-15(9-7-14)21-13-3-12-20-11-2-5-17(20)16-4-1-10-19-16/h6-9,16-17,19H,1-5,10-13H2. The minimum atomic E-state index is -0.216. The maximum Gasteiger partial charge on any atom is 0.123 e. The second-order valence-electron chi connectivity index (χ2n) is 6.10. The summed E-state index contributed by atoms with van der Waals surface area (Å²) in [5.74, 6) is 0.540. The van der Waals surface area contributed by atoms with E-state index in [-0.39, 0.29) is 5.82 Å². The molecule has 3 nitrogen and oxygen atoms in total. The highest BCUT2D eigenvalue weighted by atomic mass is 19.1. The maximum atomic E-state index is 12.8. The van der Waals surface area contributed by atoms with E-state index in [2.05, 4.69) is 10.2 Å². The van der Waals surface area contributed by atoms with Crippen LogP contribution in [0.25, 0.3) is 0 Å². The van der Waals surface area contributed by atoms with Crippen LogP contribution in [0.15, 0.2) is 24.3 Å². The molecular weight excluding hydrogens is 267 g/mol. The molecule has 2 atom stereocenters. The number of benzene rings is 1. The first-order valence-corrected chi connectivity index (χ1v) is 8.19. The zero-order chi connectivity index (χ0) is 14.5. The third kappa shape index (κ3) is 3.95. The largest absolute Gasteiger partial charge is 0.494 e. The topological polar surface area (TPSA) is 24.5 Å². The second-order valence-corrected chi connectivity index (χ2v) is 6.10. The van der Waals surface area contributed by atoms with Gasteiger partial charge in [-0.1, -0.05) is 0 Å². The molecule has 1 N–H and O–H groups in total. The van der Waals surface area contributed by atoms with Gasteiger partial charge in [0.2, 0.25) is 0 Å². The first kappa shape index (κ1) is 14.8. The van der Waals surface area contributed by atoms with Crippen molar-refractivity contribution in [2.75, 3.05) is 26.2 Å². The predicted octanol–water partition coefficient (Wildman–Crippen LogP) is 2.81. The van der Waals surface area contributed by atoms with Crippen LogP contribution >= 0.6 is 0 Å². The Morgan fingerprint density at radius 1 is 1.19 bits per heavy atom. The Morgan fingerprint density at radius 2 is 2.05 bits per heavy atom. The Hall–Kier alpha value is -1.13. The van der Waals surface area contributed by atoms with Gasteiger partial charge in [-0.15, -0.1) is 0 Å². The molecule has 2 fully saturated rings. The lowest BCUT2D eigenvalue weighted by Gasteiger charge is -2.29. The van der Waals surface area contributed by atoms with E-state index in [1.165, 1.54) is 50.9 Å². The van der Waals surface area contributed by atoms with Gasteiger partial charge in [-0.25, -0.2) is 4.39 Å². The van der Waals surface area contributed by atoms with Gasteiger partial charge < -0.3 is 10.1 Å². The second kappa shape index (κ2) is 7.23. The number of likely N-dealkylation sites (tertiary alicyclic amines) is 1. The van der Waals surface area contributed by atoms with Crippen molar-refractivity contribution in [3.63, 3.8) is 0 Å². The summed E-state index contributed by atoms with van der Waals surface area (Å²) in [6.45, 7) is 4.21. The van der Waals surface area contributed by atoms with E-state index in [4.69, 9.17) is 4.74 Å². The Labute approximate surface area is 126 Å². The first-order valence-electron chi connectivity index (χ1n) is 8.19. The molecule has 0 radical (unpaired) electrons. The molecule has 1 aromatic rings. The molecule has 1 aromatic carbocycles. The summed E-state index contributed by atoms with van der Waals surface area (Å²) in [5, 5.41) is 3.64. The maximum absolute atomic E-state index is 12.8. The molecule has 0 aromatic heterocycles. The van der Waals surface area contributed by atoms with Crippen LogP contribution in [0.5, 0.6) is 5.75 Å². The molecule has 0 spiro atoms. The Kier molecular flexibility index (Phi) is 5.09. The zero-order valence-corrected chi connectivity index (χ0v) is 12.6. The molecule has 2 aliphatic rings. The summed E-state index contributed by atoms with van der Waals surface area (Å²) >= 11 is 0. The molecule has 4 heteroatoms. The van der Waals surface area contributed by atoms with Gasteiger partial charge in [0.15, 0.2) is 0 Å². The van der Waals surface area contributed by atoms with Gasteiger partial charge >= 0.3 is 0 Å². The molecule has 0 bridgehead atoms. The fourth-order valence-electron chi connectivity index (χ4n) is 3.61. The average molecular weight is 292 g/mol. The van der Waals surface area contributed by atoms with Crippen LogP contribution in [-0.4, -0.2) is 43.2 Å². The van der Waals surface area contributed by atoms with Crippen molar-refractivity contribution < 1.29 is 9.13 Å². The first-order chi connectivity index (χ1) is 10.3. The monoisotopic (exact) mass is 292 g/mol. The van der Waals surface area contributed by atoms with E-state index in [0.29, 0.717) is 12.6 Å². The molecule has 2 unspecified atom stereocenters. The lowest BCUT2D eigenvalue weighted by Crippen LogP contribution is -2.44. The molecule has 0 saturated carbocycles. The Morgan fingerprint density at radius 3 is 2.81 bits per heavy atom. The summed E-state index contributed by atoms with van der Waals surface area (Å²) < 4.78 is 18.5. The van der Waals surface area contributed by atoms with E-state index >= 15 is 0 Å². The molecule has 2 aliphatic heterocycles. The number of halogens is 1. The molecule has 2 heterocycles. The predicted molar refractivity (Wildman–Crippen MR) is 82.1 cm³/mol. The Balaban J connectivity index is 1.39. The highest BCUT2D eigenvalue weighted by Gasteiger charge is 2.32. The van der Waals surface area contributed by atoms with E-state index in [1.807, 2.05) is 0 Å². The fourth-order valence-corrected chi connectivity index (χ4v) is 3.61. The molecule has 3 rings (SSSR count). The molecule has 116 valence electrons. The van der Waals surface area contributed by atoms with Crippen molar-refractivity contribution in [3.05, 3.63) is 30.1 Å². The van der Waals surface area contributed by atoms with Crippen LogP contribution in [0.4, 0.5) is 4.39 Å². The number of ether oxygens (including phenoxy) is 1. The number of hydrogen-bond acceptors (Lipinski definition) is 3. The van der Waals surface area contributed by atoms with E-state index in [0.717, 1.165) is 24.8 Å². The summed E-state index contributed by atoms with van der Waals surface area (Å²) in [6, 6.07) is 7.69. The molecule has 2 saturated heterocycles. The van der Waals surface area contributed by atoms with Gasteiger partial charge in [0.25, 0.3) is 0 Å². The van der Waals surface area contributed by atoms with Crippen LogP contribution in [0.3, 0.4) is 0 Å². The van der Waals surface area contributed by atoms with Gasteiger partial charge in [0.05, 0.1) is 6.61 Å². The van der Waals surface area contributed by atoms with Crippen LogP contribution in [-0.2, 0) is 0 Å². The Bertz CT molecular complexity index is 431. The van der Waals surface area contributed by atoms with Gasteiger partial charge in [0, 0.05) is 18.6 Å².